The highest BCUT2D eigenvalue weighted by molar-refractivity contribution is 5.62. The predicted octanol–water partition coefficient (Wildman–Crippen LogP) is 3.36. The molecule has 0 radical (unpaired) electrons. The van der Waals surface area contributed by atoms with Crippen LogP contribution in [0.3, 0.4) is 0 Å². The molecule has 0 unspecified atom stereocenters. The molecule has 0 saturated carbocycles. The van der Waals surface area contributed by atoms with Gasteiger partial charge in [-0.2, -0.15) is 0 Å². The number of hydrazine groups is 1. The van der Waals surface area contributed by atoms with Gasteiger partial charge >= 0.3 is 0 Å². The molecule has 142 valence electrons. The molecule has 0 aromatic heterocycles. The SMILES string of the molecule is CC(=O)O.CCCCCNN1CCC(CCN2CCCCC2)CC1. The zero-order chi connectivity index (χ0) is 17.6. The van der Waals surface area contributed by atoms with Crippen LogP contribution in [-0.2, 0) is 4.79 Å². The van der Waals surface area contributed by atoms with E-state index < -0.39 is 5.97 Å². The molecule has 2 aliphatic heterocycles. The number of hydrogen-bond donors (Lipinski definition) is 2. The molecule has 0 amide bonds. The molecule has 0 spiro atoms. The Kier molecular flexibility index (Phi) is 12.1. The maximum absolute atomic E-state index is 9.00. The number of piperidine rings is 2. The number of carbonyl (C=O) groups is 1. The highest BCUT2D eigenvalue weighted by Gasteiger charge is 2.20. The van der Waals surface area contributed by atoms with Crippen molar-refractivity contribution in [1.82, 2.24) is 15.3 Å². The van der Waals surface area contributed by atoms with E-state index in [-0.39, 0.29) is 0 Å². The lowest BCUT2D eigenvalue weighted by atomic mass is 9.94. The summed E-state index contributed by atoms with van der Waals surface area (Å²) >= 11 is 0. The fraction of sp³-hybridized carbons (Fsp3) is 0.947. The van der Waals surface area contributed by atoms with Crippen molar-refractivity contribution in [2.75, 3.05) is 39.3 Å². The average molecular weight is 342 g/mol. The zero-order valence-electron chi connectivity index (χ0n) is 15.9. The maximum atomic E-state index is 9.00. The molecular formula is C19H39N3O2. The molecule has 0 atom stereocenters. The molecule has 2 aliphatic rings. The Bertz CT molecular complexity index is 308. The third-order valence-corrected chi connectivity index (χ3v) is 5.03. The Morgan fingerprint density at radius 2 is 1.71 bits per heavy atom. The van der Waals surface area contributed by atoms with Crippen LogP contribution in [0.2, 0.25) is 0 Å². The fourth-order valence-electron chi connectivity index (χ4n) is 3.54. The van der Waals surface area contributed by atoms with Gasteiger partial charge < -0.3 is 10.0 Å². The summed E-state index contributed by atoms with van der Waals surface area (Å²) < 4.78 is 0. The zero-order valence-corrected chi connectivity index (χ0v) is 15.9. The molecule has 2 saturated heterocycles. The number of unbranched alkanes of at least 4 members (excludes halogenated alkanes) is 2. The second-order valence-electron chi connectivity index (χ2n) is 7.26. The summed E-state index contributed by atoms with van der Waals surface area (Å²) in [6, 6.07) is 0. The summed E-state index contributed by atoms with van der Waals surface area (Å²) in [4.78, 5) is 11.7. The van der Waals surface area contributed by atoms with Crippen molar-refractivity contribution < 1.29 is 9.90 Å². The topological polar surface area (TPSA) is 55.8 Å². The third-order valence-electron chi connectivity index (χ3n) is 5.03. The van der Waals surface area contributed by atoms with Crippen molar-refractivity contribution >= 4 is 5.97 Å². The summed E-state index contributed by atoms with van der Waals surface area (Å²) in [5.41, 5.74) is 3.61. The van der Waals surface area contributed by atoms with Gasteiger partial charge in [-0.05, 0) is 64.1 Å². The average Bonchev–Trinajstić information content (AvgIpc) is 2.58. The van der Waals surface area contributed by atoms with Gasteiger partial charge in [0.1, 0.15) is 0 Å². The number of hydrogen-bond acceptors (Lipinski definition) is 4. The number of carboxylic acids is 1. The molecule has 0 aliphatic carbocycles. The van der Waals surface area contributed by atoms with Crippen molar-refractivity contribution in [3.63, 3.8) is 0 Å². The van der Waals surface area contributed by atoms with Crippen molar-refractivity contribution in [3.05, 3.63) is 0 Å². The molecule has 2 N–H and O–H groups in total. The van der Waals surface area contributed by atoms with Gasteiger partial charge in [0.05, 0.1) is 0 Å². The normalized spacial score (nSPS) is 20.4. The van der Waals surface area contributed by atoms with Gasteiger partial charge in [0.15, 0.2) is 0 Å². The number of nitrogens with one attached hydrogen (secondary N) is 1. The van der Waals surface area contributed by atoms with Crippen LogP contribution in [-0.4, -0.2) is 60.3 Å². The molecule has 5 heteroatoms. The van der Waals surface area contributed by atoms with Crippen LogP contribution in [0, 0.1) is 5.92 Å². The van der Waals surface area contributed by atoms with E-state index in [2.05, 4.69) is 22.3 Å². The van der Waals surface area contributed by atoms with Crippen LogP contribution in [0.1, 0.15) is 71.6 Å². The van der Waals surface area contributed by atoms with Gasteiger partial charge in [0.2, 0.25) is 0 Å². The van der Waals surface area contributed by atoms with Crippen LogP contribution in [0.15, 0.2) is 0 Å². The van der Waals surface area contributed by atoms with Crippen LogP contribution in [0.25, 0.3) is 0 Å². The van der Waals surface area contributed by atoms with E-state index in [0.717, 1.165) is 12.8 Å². The van der Waals surface area contributed by atoms with E-state index in [1.165, 1.54) is 97.1 Å². The first-order valence-corrected chi connectivity index (χ1v) is 10.0. The quantitative estimate of drug-likeness (QED) is 0.663. The van der Waals surface area contributed by atoms with E-state index in [4.69, 9.17) is 9.90 Å². The van der Waals surface area contributed by atoms with E-state index in [1.807, 2.05) is 0 Å². The molecule has 2 fully saturated rings. The first-order valence-electron chi connectivity index (χ1n) is 10.0. The lowest BCUT2D eigenvalue weighted by Crippen LogP contribution is -2.44. The van der Waals surface area contributed by atoms with Crippen molar-refractivity contribution in [3.8, 4) is 0 Å². The minimum absolute atomic E-state index is 0.833. The fourth-order valence-corrected chi connectivity index (χ4v) is 3.54. The molecule has 2 rings (SSSR count). The Labute approximate surface area is 148 Å². The Morgan fingerprint density at radius 1 is 1.08 bits per heavy atom. The van der Waals surface area contributed by atoms with Crippen molar-refractivity contribution in [2.24, 2.45) is 5.92 Å². The first-order chi connectivity index (χ1) is 11.6. The lowest BCUT2D eigenvalue weighted by molar-refractivity contribution is -0.134. The van der Waals surface area contributed by atoms with Gasteiger partial charge in [-0.1, -0.05) is 26.2 Å². The summed E-state index contributed by atoms with van der Waals surface area (Å²) in [7, 11) is 0. The Hall–Kier alpha value is -0.650. The molecule has 5 nitrogen and oxygen atoms in total. The van der Waals surface area contributed by atoms with E-state index in [1.54, 1.807) is 0 Å². The van der Waals surface area contributed by atoms with Crippen LogP contribution < -0.4 is 5.43 Å². The Morgan fingerprint density at radius 3 is 2.29 bits per heavy atom. The molecule has 0 aromatic rings. The Balaban J connectivity index is 0.000000648. The maximum Gasteiger partial charge on any atom is 0.300 e. The van der Waals surface area contributed by atoms with Gasteiger partial charge in [-0.3, -0.25) is 10.2 Å². The largest absolute Gasteiger partial charge is 0.481 e. The van der Waals surface area contributed by atoms with Gasteiger partial charge in [-0.25, -0.2) is 5.01 Å². The minimum atomic E-state index is -0.833. The monoisotopic (exact) mass is 341 g/mol. The first kappa shape index (κ1) is 21.4. The molecule has 0 bridgehead atoms. The van der Waals surface area contributed by atoms with Gasteiger partial charge in [-0.15, -0.1) is 0 Å². The summed E-state index contributed by atoms with van der Waals surface area (Å²) in [6.07, 6.45) is 12.6. The molecular weight excluding hydrogens is 302 g/mol. The predicted molar refractivity (Wildman–Crippen MR) is 100 cm³/mol. The third kappa shape index (κ3) is 11.0. The summed E-state index contributed by atoms with van der Waals surface area (Å²) in [5, 5.41) is 9.88. The van der Waals surface area contributed by atoms with E-state index in [9.17, 15) is 0 Å². The summed E-state index contributed by atoms with van der Waals surface area (Å²) in [6.45, 7) is 11.1. The van der Waals surface area contributed by atoms with E-state index in [0.29, 0.717) is 0 Å². The van der Waals surface area contributed by atoms with Crippen LogP contribution >= 0.6 is 0 Å². The molecule has 2 heterocycles. The van der Waals surface area contributed by atoms with Crippen LogP contribution in [0.4, 0.5) is 0 Å². The molecule has 24 heavy (non-hydrogen) atoms. The van der Waals surface area contributed by atoms with Crippen molar-refractivity contribution in [1.29, 1.82) is 0 Å². The van der Waals surface area contributed by atoms with Gasteiger partial charge in [0.25, 0.3) is 5.97 Å². The van der Waals surface area contributed by atoms with Gasteiger partial charge in [0, 0.05) is 26.6 Å². The smallest absolute Gasteiger partial charge is 0.300 e. The summed E-state index contributed by atoms with van der Waals surface area (Å²) in [5.74, 6) is 0.144. The van der Waals surface area contributed by atoms with Crippen molar-refractivity contribution in [2.45, 2.75) is 71.6 Å². The minimum Gasteiger partial charge on any atom is -0.481 e. The number of nitrogens with zero attached hydrogens (tertiary/aromatic N) is 2. The standard InChI is InChI=1S/C17H35N3.C2H4O2/c1-2-3-5-11-18-20-15-9-17(10-16-20)8-14-19-12-6-4-7-13-19;1-2(3)4/h17-18H,2-16H2,1H3;1H3,(H,3,4). The second kappa shape index (κ2) is 13.6. The highest BCUT2D eigenvalue weighted by Crippen LogP contribution is 2.20. The number of rotatable bonds is 8. The van der Waals surface area contributed by atoms with E-state index >= 15 is 0 Å². The number of aliphatic carboxylic acids is 1. The molecule has 0 aromatic carbocycles. The highest BCUT2D eigenvalue weighted by atomic mass is 16.4. The number of carboxylic acid groups (broad SMARTS) is 1. The van der Waals surface area contributed by atoms with Crippen LogP contribution in [0.5, 0.6) is 0 Å². The second-order valence-corrected chi connectivity index (χ2v) is 7.26. The lowest BCUT2D eigenvalue weighted by Gasteiger charge is -2.34. The number of likely N-dealkylation sites (tertiary alicyclic amines) is 1.